The summed E-state index contributed by atoms with van der Waals surface area (Å²) in [6, 6.07) is 2.81. The topological polar surface area (TPSA) is 99.1 Å². The predicted molar refractivity (Wildman–Crippen MR) is 87.1 cm³/mol. The molecule has 0 spiro atoms. The highest BCUT2D eigenvalue weighted by Crippen LogP contribution is 2.32. The van der Waals surface area contributed by atoms with Gasteiger partial charge in [-0.1, -0.05) is 0 Å². The summed E-state index contributed by atoms with van der Waals surface area (Å²) in [6.07, 6.45) is 0. The first-order valence-corrected chi connectivity index (χ1v) is 7.64. The van der Waals surface area contributed by atoms with Crippen LogP contribution in [0.5, 0.6) is 5.75 Å². The Morgan fingerprint density at radius 3 is 2.83 bits per heavy atom. The Morgan fingerprint density at radius 1 is 1.52 bits per heavy atom. The molecule has 0 aliphatic carbocycles. The number of nitrogens with one attached hydrogen (secondary N) is 1. The van der Waals surface area contributed by atoms with Gasteiger partial charge in [-0.05, 0) is 34.7 Å². The largest absolute Gasteiger partial charge is 0.503 e. The van der Waals surface area contributed by atoms with Gasteiger partial charge < -0.3 is 25.2 Å². The number of aromatic hydroxyl groups is 1. The zero-order valence-electron chi connectivity index (χ0n) is 12.1. The number of carbonyl (C=O) groups excluding carboxylic acids is 2. The van der Waals surface area contributed by atoms with E-state index in [0.29, 0.717) is 0 Å². The molecule has 3 N–H and O–H groups in total. The number of benzene rings is 1. The van der Waals surface area contributed by atoms with Crippen LogP contribution in [0.15, 0.2) is 23.4 Å². The van der Waals surface area contributed by atoms with Crippen LogP contribution >= 0.6 is 22.6 Å². The minimum absolute atomic E-state index is 0.0392. The molecule has 1 amide bonds. The first-order valence-electron chi connectivity index (χ1n) is 6.56. The smallest absolute Gasteiger partial charge is 0.337 e. The number of methoxy groups -OCH3 is 1. The standard InChI is InChI=1S/C14H14FIN2O5/c1-23-14(22)7-6-18(4-5-19)13(21)11(7)17-9-3-2-8(16)10(15)12(9)20/h2-3,17,19-20H,4-6H2,1H3. The highest BCUT2D eigenvalue weighted by atomic mass is 127. The summed E-state index contributed by atoms with van der Waals surface area (Å²) in [7, 11) is 1.17. The number of phenolic OH excluding ortho intramolecular Hbond substituents is 1. The van der Waals surface area contributed by atoms with Gasteiger partial charge in [0.25, 0.3) is 5.91 Å². The minimum atomic E-state index is -0.825. The van der Waals surface area contributed by atoms with Gasteiger partial charge in [0.15, 0.2) is 11.6 Å². The van der Waals surface area contributed by atoms with Crippen LogP contribution in [-0.4, -0.2) is 53.8 Å². The Balaban J connectivity index is 2.39. The number of phenols is 1. The number of aliphatic hydroxyl groups excluding tert-OH is 1. The molecule has 1 aromatic carbocycles. The molecule has 1 aliphatic rings. The number of amides is 1. The maximum Gasteiger partial charge on any atom is 0.337 e. The van der Waals surface area contributed by atoms with Crippen molar-refractivity contribution in [3.63, 3.8) is 0 Å². The van der Waals surface area contributed by atoms with Crippen LogP contribution in [-0.2, 0) is 14.3 Å². The third kappa shape index (κ3) is 3.39. The van der Waals surface area contributed by atoms with E-state index in [9.17, 15) is 19.1 Å². The Hall–Kier alpha value is -1.88. The van der Waals surface area contributed by atoms with Crippen LogP contribution < -0.4 is 5.32 Å². The Morgan fingerprint density at radius 2 is 2.22 bits per heavy atom. The van der Waals surface area contributed by atoms with E-state index in [0.717, 1.165) is 0 Å². The Labute approximate surface area is 144 Å². The molecule has 0 atom stereocenters. The number of rotatable bonds is 5. The number of nitrogens with zero attached hydrogens (tertiary/aromatic N) is 1. The van der Waals surface area contributed by atoms with Crippen LogP contribution in [0, 0.1) is 9.39 Å². The Bertz CT molecular complexity index is 692. The predicted octanol–water partition coefficient (Wildman–Crippen LogP) is 0.809. The van der Waals surface area contributed by atoms with Crippen molar-refractivity contribution in [2.45, 2.75) is 0 Å². The van der Waals surface area contributed by atoms with Gasteiger partial charge in [0.05, 0.1) is 35.1 Å². The molecule has 0 saturated carbocycles. The Kier molecular flexibility index (Phi) is 5.42. The van der Waals surface area contributed by atoms with E-state index < -0.39 is 23.4 Å². The van der Waals surface area contributed by atoms with Crippen LogP contribution in [0.4, 0.5) is 10.1 Å². The van der Waals surface area contributed by atoms with Gasteiger partial charge in [-0.15, -0.1) is 0 Å². The van der Waals surface area contributed by atoms with Crippen LogP contribution in [0.25, 0.3) is 0 Å². The number of hydrogen-bond acceptors (Lipinski definition) is 6. The van der Waals surface area contributed by atoms with E-state index in [1.807, 2.05) is 0 Å². The lowest BCUT2D eigenvalue weighted by atomic mass is 10.2. The highest BCUT2D eigenvalue weighted by Gasteiger charge is 2.34. The van der Waals surface area contributed by atoms with Crippen molar-refractivity contribution in [3.8, 4) is 5.75 Å². The van der Waals surface area contributed by atoms with E-state index in [2.05, 4.69) is 10.1 Å². The number of hydrogen-bond donors (Lipinski definition) is 3. The van der Waals surface area contributed by atoms with E-state index in [4.69, 9.17) is 5.11 Å². The second kappa shape index (κ2) is 7.13. The third-order valence-electron chi connectivity index (χ3n) is 3.28. The van der Waals surface area contributed by atoms with Gasteiger partial charge in [-0.3, -0.25) is 4.79 Å². The number of aliphatic hydroxyl groups is 1. The fourth-order valence-electron chi connectivity index (χ4n) is 2.12. The zero-order chi connectivity index (χ0) is 17.1. The van der Waals surface area contributed by atoms with E-state index >= 15 is 0 Å². The first-order chi connectivity index (χ1) is 10.9. The SMILES string of the molecule is COC(=O)C1=C(Nc2ccc(I)c(F)c2O)C(=O)N(CCO)C1. The summed E-state index contributed by atoms with van der Waals surface area (Å²) < 4.78 is 18.6. The monoisotopic (exact) mass is 436 g/mol. The zero-order valence-corrected chi connectivity index (χ0v) is 14.3. The van der Waals surface area contributed by atoms with Crippen molar-refractivity contribution in [3.05, 3.63) is 32.8 Å². The van der Waals surface area contributed by atoms with Crippen molar-refractivity contribution in [1.29, 1.82) is 0 Å². The molecule has 0 fully saturated rings. The molecular formula is C14H14FIN2O5. The normalized spacial score (nSPS) is 14.4. The minimum Gasteiger partial charge on any atom is -0.503 e. The molecule has 0 unspecified atom stereocenters. The van der Waals surface area contributed by atoms with E-state index in [1.165, 1.54) is 24.1 Å². The number of ether oxygens (including phenoxy) is 1. The lowest BCUT2D eigenvalue weighted by Gasteiger charge is -2.15. The van der Waals surface area contributed by atoms with Crippen molar-refractivity contribution in [2.75, 3.05) is 32.1 Å². The maximum absolute atomic E-state index is 13.7. The molecule has 1 aliphatic heterocycles. The van der Waals surface area contributed by atoms with Crippen molar-refractivity contribution in [2.24, 2.45) is 0 Å². The summed E-state index contributed by atoms with van der Waals surface area (Å²) in [5.74, 6) is -2.74. The van der Waals surface area contributed by atoms with Crippen molar-refractivity contribution < 1.29 is 28.9 Å². The molecule has 7 nitrogen and oxygen atoms in total. The summed E-state index contributed by atoms with van der Waals surface area (Å²) in [5.41, 5.74) is -0.107. The molecule has 2 rings (SSSR count). The summed E-state index contributed by atoms with van der Waals surface area (Å²) in [6.45, 7) is -0.267. The number of anilines is 1. The van der Waals surface area contributed by atoms with Gasteiger partial charge in [0, 0.05) is 6.54 Å². The number of β-amino-alcohol motifs (C(OH)–C–C–N with tert-alkyl or cyclic N) is 1. The average Bonchev–Trinajstić information content (AvgIpc) is 2.84. The molecule has 0 aromatic heterocycles. The van der Waals surface area contributed by atoms with Gasteiger partial charge >= 0.3 is 5.97 Å². The highest BCUT2D eigenvalue weighted by molar-refractivity contribution is 14.1. The first kappa shape index (κ1) is 17.5. The lowest BCUT2D eigenvalue weighted by molar-refractivity contribution is -0.136. The van der Waals surface area contributed by atoms with Crippen LogP contribution in [0.1, 0.15) is 0 Å². The third-order valence-corrected chi connectivity index (χ3v) is 4.12. The van der Waals surface area contributed by atoms with Gasteiger partial charge in [0.1, 0.15) is 5.70 Å². The van der Waals surface area contributed by atoms with Crippen molar-refractivity contribution in [1.82, 2.24) is 4.90 Å². The second-order valence-corrected chi connectivity index (χ2v) is 5.84. The summed E-state index contributed by atoms with van der Waals surface area (Å²) >= 11 is 1.72. The average molecular weight is 436 g/mol. The number of halogens is 2. The lowest BCUT2D eigenvalue weighted by Crippen LogP contribution is -2.31. The van der Waals surface area contributed by atoms with E-state index in [1.54, 1.807) is 22.6 Å². The molecular weight excluding hydrogens is 422 g/mol. The van der Waals surface area contributed by atoms with E-state index in [-0.39, 0.29) is 40.2 Å². The van der Waals surface area contributed by atoms with Gasteiger partial charge in [-0.25, -0.2) is 9.18 Å². The summed E-state index contributed by atoms with van der Waals surface area (Å²) in [5, 5.41) is 21.4. The molecule has 1 heterocycles. The second-order valence-electron chi connectivity index (χ2n) is 4.68. The molecule has 0 radical (unpaired) electrons. The number of esters is 1. The fourth-order valence-corrected chi connectivity index (χ4v) is 2.56. The number of carbonyl (C=O) groups is 2. The van der Waals surface area contributed by atoms with Gasteiger partial charge in [0.2, 0.25) is 0 Å². The molecule has 0 bridgehead atoms. The molecule has 124 valence electrons. The van der Waals surface area contributed by atoms with Crippen molar-refractivity contribution >= 4 is 40.2 Å². The fraction of sp³-hybridized carbons (Fsp3) is 0.286. The molecule has 0 saturated heterocycles. The van der Waals surface area contributed by atoms with Crippen LogP contribution in [0.3, 0.4) is 0 Å². The molecule has 9 heteroatoms. The molecule has 1 aromatic rings. The quantitative estimate of drug-likeness (QED) is 0.359. The maximum atomic E-state index is 13.7. The molecule has 23 heavy (non-hydrogen) atoms. The van der Waals surface area contributed by atoms with Gasteiger partial charge in [-0.2, -0.15) is 0 Å². The van der Waals surface area contributed by atoms with Crippen LogP contribution in [0.2, 0.25) is 0 Å². The summed E-state index contributed by atoms with van der Waals surface area (Å²) in [4.78, 5) is 25.4.